The molecule has 0 atom stereocenters. The zero-order valence-electron chi connectivity index (χ0n) is 22.9. The Kier molecular flexibility index (Phi) is 199. The molecule has 4 N–H and O–H groups in total. The van der Waals surface area contributed by atoms with E-state index in [9.17, 15) is 0 Å². The van der Waals surface area contributed by atoms with Crippen LogP contribution < -0.4 is 0 Å². The van der Waals surface area contributed by atoms with E-state index in [1.165, 1.54) is 19.3 Å². The van der Waals surface area contributed by atoms with E-state index in [0.717, 1.165) is 0 Å². The van der Waals surface area contributed by atoms with Gasteiger partial charge in [-0.05, 0) is 38.5 Å². The lowest BCUT2D eigenvalue weighted by Gasteiger charge is -2.12. The summed E-state index contributed by atoms with van der Waals surface area (Å²) in [5.41, 5.74) is 1.08. The third kappa shape index (κ3) is 904. The molecule has 0 aromatic carbocycles. The van der Waals surface area contributed by atoms with Gasteiger partial charge in [0.2, 0.25) is 0 Å². The molecule has 220 valence electrons. The van der Waals surface area contributed by atoms with Crippen LogP contribution in [0.25, 0.3) is 0 Å². The Morgan fingerprint density at radius 3 is 0.485 bits per heavy atom. The van der Waals surface area contributed by atoms with Gasteiger partial charge in [0.15, 0.2) is 0 Å². The number of carbonyl (C=O) groups excluding carboxylic acids is 1. The van der Waals surface area contributed by atoms with Gasteiger partial charge in [0.1, 0.15) is 6.79 Å². The molecule has 0 amide bonds. The Hall–Kier alpha value is -0.490. The molecule has 0 bridgehead atoms. The van der Waals surface area contributed by atoms with Crippen molar-refractivity contribution in [3.05, 3.63) is 0 Å². The van der Waals surface area contributed by atoms with Crippen LogP contribution in [0.5, 0.6) is 0 Å². The molecule has 0 heterocycles. The van der Waals surface area contributed by atoms with Gasteiger partial charge in [-0.1, -0.05) is 118 Å². The lowest BCUT2D eigenvalue weighted by molar-refractivity contribution is -0.0980. The van der Waals surface area contributed by atoms with E-state index >= 15 is 0 Å². The van der Waals surface area contributed by atoms with Crippen LogP contribution >= 0.6 is 0 Å². The number of carbonyl (C=O) groups is 1. The second kappa shape index (κ2) is 85.6. The number of hydrogen-bond donors (Lipinski definition) is 4. The van der Waals surface area contributed by atoms with Gasteiger partial charge >= 0.3 is 0 Å². The smallest absolute Gasteiger partial charge is 0.106 e. The predicted octanol–water partition coefficient (Wildman–Crippen LogP) is 8.66. The molecule has 0 spiro atoms. The van der Waals surface area contributed by atoms with E-state index < -0.39 is 0 Å². The first-order valence-corrected chi connectivity index (χ1v) is 10.9. The molecule has 0 saturated heterocycles. The summed E-state index contributed by atoms with van der Waals surface area (Å²) in [5, 5.41) is 30.3. The van der Waals surface area contributed by atoms with Crippen LogP contribution in [0.1, 0.15) is 146 Å². The highest BCUT2D eigenvalue weighted by Crippen LogP contribution is 2.16. The maximum absolute atomic E-state index is 8.00. The highest BCUT2D eigenvalue weighted by molar-refractivity contribution is 5.10. The van der Waals surface area contributed by atoms with Gasteiger partial charge in [0.05, 0.1) is 0 Å². The summed E-state index contributed by atoms with van der Waals surface area (Å²) >= 11 is 0. The van der Waals surface area contributed by atoms with Gasteiger partial charge in [0.25, 0.3) is 0 Å². The van der Waals surface area contributed by atoms with Crippen molar-refractivity contribution in [2.45, 2.75) is 146 Å². The summed E-state index contributed by atoms with van der Waals surface area (Å²) < 4.78 is 0. The second-order valence-corrected chi connectivity index (χ2v) is 7.80. The summed E-state index contributed by atoms with van der Waals surface area (Å²) in [6.45, 7) is 31.8. The maximum atomic E-state index is 8.00. The van der Waals surface area contributed by atoms with Gasteiger partial charge in [-0.3, -0.25) is 0 Å². The fraction of sp³-hybridized carbons (Fsp3) is 0.964. The standard InChI is InChI=1S/2C6H14.C3H8.4C2H6O.CH2O.4CH4/c2*1-5-6(2,3)4;1-3-2;4*1-2-3;1-2;;;;/h2*5H2,1-4H3;3H2,1-2H3;4*3H,2H2,1H3;1H2;4*1H4. The van der Waals surface area contributed by atoms with Crippen LogP contribution in [0.2, 0.25) is 0 Å². The van der Waals surface area contributed by atoms with E-state index in [1.54, 1.807) is 27.7 Å². The molecule has 0 aliphatic heterocycles. The fourth-order valence-corrected chi connectivity index (χ4v) is 0. The number of aliphatic hydroxyl groups is 4. The highest BCUT2D eigenvalue weighted by atomic mass is 16.3. The Balaban J connectivity index is -0.0000000155. The molecule has 0 aliphatic rings. The van der Waals surface area contributed by atoms with Crippen molar-refractivity contribution in [1.29, 1.82) is 0 Å². The quantitative estimate of drug-likeness (QED) is 0.270. The van der Waals surface area contributed by atoms with Gasteiger partial charge in [-0.15, -0.1) is 0 Å². The molecule has 0 saturated carbocycles. The summed E-state index contributed by atoms with van der Waals surface area (Å²) in [5.74, 6) is 0. The number of aliphatic hydroxyl groups excluding tert-OH is 4. The van der Waals surface area contributed by atoms with Crippen molar-refractivity contribution in [2.24, 2.45) is 10.8 Å². The van der Waals surface area contributed by atoms with E-state index in [0.29, 0.717) is 10.8 Å². The van der Waals surface area contributed by atoms with Crippen molar-refractivity contribution in [2.75, 3.05) is 26.4 Å². The Labute approximate surface area is 215 Å². The zero-order valence-corrected chi connectivity index (χ0v) is 22.9. The van der Waals surface area contributed by atoms with Crippen LogP contribution in [0.15, 0.2) is 0 Å². The Bertz CT molecular complexity index is 148. The van der Waals surface area contributed by atoms with Gasteiger partial charge in [0, 0.05) is 26.4 Å². The first kappa shape index (κ1) is 76.7. The van der Waals surface area contributed by atoms with Gasteiger partial charge in [-0.25, -0.2) is 0 Å². The van der Waals surface area contributed by atoms with Gasteiger partial charge in [-0.2, -0.15) is 0 Å². The zero-order chi connectivity index (χ0) is 25.9. The third-order valence-electron chi connectivity index (χ3n) is 2.12. The molecule has 0 aromatic rings. The summed E-state index contributed by atoms with van der Waals surface area (Å²) in [6, 6.07) is 0. The summed E-state index contributed by atoms with van der Waals surface area (Å²) in [7, 11) is 0. The Morgan fingerprint density at radius 1 is 0.455 bits per heavy atom. The maximum Gasteiger partial charge on any atom is 0.106 e. The Morgan fingerprint density at radius 2 is 0.485 bits per heavy atom. The third-order valence-corrected chi connectivity index (χ3v) is 2.12. The van der Waals surface area contributed by atoms with Crippen molar-refractivity contribution in [3.8, 4) is 0 Å². The lowest BCUT2D eigenvalue weighted by atomic mass is 9.94. The molecule has 0 aliphatic carbocycles. The van der Waals surface area contributed by atoms with E-state index in [2.05, 4.69) is 69.2 Å². The molecular formula is C28H78O5. The van der Waals surface area contributed by atoms with E-state index in [-0.39, 0.29) is 56.1 Å². The van der Waals surface area contributed by atoms with Crippen molar-refractivity contribution < 1.29 is 25.2 Å². The largest absolute Gasteiger partial charge is 0.397 e. The van der Waals surface area contributed by atoms with Crippen LogP contribution in [0, 0.1) is 10.8 Å². The van der Waals surface area contributed by atoms with E-state index in [1.807, 2.05) is 6.79 Å². The first-order chi connectivity index (χ1) is 13.2. The minimum Gasteiger partial charge on any atom is -0.397 e. The predicted molar refractivity (Wildman–Crippen MR) is 161 cm³/mol. The molecule has 0 aromatic heterocycles. The molecule has 0 radical (unpaired) electrons. The van der Waals surface area contributed by atoms with Crippen LogP contribution in [0.4, 0.5) is 0 Å². The number of rotatable bonds is 0. The summed E-state index contributed by atoms with van der Waals surface area (Å²) in [4.78, 5) is 8.00. The minimum absolute atomic E-state index is 0. The second-order valence-electron chi connectivity index (χ2n) is 7.80. The normalized spacial score (nSPS) is 7.21. The molecular weight excluding hydrogens is 416 g/mol. The average molecular weight is 495 g/mol. The van der Waals surface area contributed by atoms with Crippen molar-refractivity contribution >= 4 is 6.79 Å². The first-order valence-electron chi connectivity index (χ1n) is 10.9. The van der Waals surface area contributed by atoms with Crippen molar-refractivity contribution in [3.63, 3.8) is 0 Å². The van der Waals surface area contributed by atoms with Crippen molar-refractivity contribution in [1.82, 2.24) is 0 Å². The molecule has 0 fully saturated rings. The fourth-order valence-electron chi connectivity index (χ4n) is 0. The SMILES string of the molecule is C.C.C.C.C=O.CCC.CCC(C)(C)C.CCC(C)(C)C.CCO.CCO.CCO.CCO. The van der Waals surface area contributed by atoms with E-state index in [4.69, 9.17) is 25.2 Å². The molecule has 5 nitrogen and oxygen atoms in total. The summed E-state index contributed by atoms with van der Waals surface area (Å²) in [6.07, 6.45) is 3.79. The van der Waals surface area contributed by atoms with Crippen LogP contribution in [0.3, 0.4) is 0 Å². The number of hydrogen-bond acceptors (Lipinski definition) is 5. The van der Waals surface area contributed by atoms with Gasteiger partial charge < -0.3 is 25.2 Å². The monoisotopic (exact) mass is 495 g/mol. The molecule has 33 heavy (non-hydrogen) atoms. The molecule has 0 rings (SSSR count). The lowest BCUT2D eigenvalue weighted by Crippen LogP contribution is -2.00. The highest BCUT2D eigenvalue weighted by Gasteiger charge is 2.03. The average Bonchev–Trinajstić information content (AvgIpc) is 2.59. The topological polar surface area (TPSA) is 98.0 Å². The minimum atomic E-state index is 0. The molecule has 0 unspecified atom stereocenters. The van der Waals surface area contributed by atoms with Crippen LogP contribution in [-0.2, 0) is 4.79 Å². The molecule has 5 heteroatoms. The van der Waals surface area contributed by atoms with Crippen LogP contribution in [-0.4, -0.2) is 53.6 Å².